The van der Waals surface area contributed by atoms with Crippen LogP contribution >= 0.6 is 0 Å². The van der Waals surface area contributed by atoms with Crippen molar-refractivity contribution in [2.75, 3.05) is 13.2 Å². The normalized spacial score (nSPS) is 25.0. The molecule has 2 bridgehead atoms. The van der Waals surface area contributed by atoms with E-state index in [2.05, 4.69) is 22.1 Å². The number of aliphatic hydroxyl groups is 1. The van der Waals surface area contributed by atoms with Gasteiger partial charge in [0.2, 0.25) is 5.91 Å². The number of allylic oxidation sites excluding steroid dienone is 1. The quantitative estimate of drug-likeness (QED) is 0.712. The third-order valence-electron chi connectivity index (χ3n) is 6.50. The molecule has 0 aromatic carbocycles. The molecule has 31 heavy (non-hydrogen) atoms. The largest absolute Gasteiger partial charge is 0.396 e. The van der Waals surface area contributed by atoms with Gasteiger partial charge in [-0.25, -0.2) is 0 Å². The van der Waals surface area contributed by atoms with E-state index in [4.69, 9.17) is 0 Å². The Kier molecular flexibility index (Phi) is 6.34. The molecule has 0 aliphatic carbocycles. The molecule has 2 aromatic rings. The number of aromatic nitrogens is 2. The van der Waals surface area contributed by atoms with Crippen molar-refractivity contribution in [1.29, 1.82) is 0 Å². The van der Waals surface area contributed by atoms with E-state index in [1.807, 2.05) is 54.0 Å². The van der Waals surface area contributed by atoms with Gasteiger partial charge in [-0.2, -0.15) is 0 Å². The Morgan fingerprint density at radius 1 is 1.32 bits per heavy atom. The topological polar surface area (TPSA) is 87.5 Å². The van der Waals surface area contributed by atoms with Gasteiger partial charge < -0.3 is 15.0 Å². The van der Waals surface area contributed by atoms with E-state index < -0.39 is 5.92 Å². The summed E-state index contributed by atoms with van der Waals surface area (Å²) in [5.74, 6) is -0.757. The number of carbonyl (C=O) groups is 1. The van der Waals surface area contributed by atoms with Gasteiger partial charge in [-0.3, -0.25) is 19.5 Å². The van der Waals surface area contributed by atoms with Crippen LogP contribution in [-0.4, -0.2) is 44.7 Å². The molecule has 0 radical (unpaired) electrons. The first-order valence-electron chi connectivity index (χ1n) is 11.0. The van der Waals surface area contributed by atoms with E-state index in [0.717, 1.165) is 24.4 Å². The lowest BCUT2D eigenvalue weighted by molar-refractivity contribution is -0.127. The van der Waals surface area contributed by atoms with Crippen molar-refractivity contribution in [2.45, 2.75) is 45.4 Å². The molecular formula is C24H30N4O3. The minimum Gasteiger partial charge on any atom is -0.396 e. The molecule has 1 fully saturated rings. The summed E-state index contributed by atoms with van der Waals surface area (Å²) in [6, 6.07) is 9.14. The second-order valence-electron chi connectivity index (χ2n) is 8.29. The molecule has 2 N–H and O–H groups in total. The summed E-state index contributed by atoms with van der Waals surface area (Å²) in [4.78, 5) is 33.1. The smallest absolute Gasteiger partial charge is 0.258 e. The second kappa shape index (κ2) is 9.16. The number of carbonyl (C=O) groups excluding carboxylic acids is 1. The van der Waals surface area contributed by atoms with Crippen molar-refractivity contribution < 1.29 is 9.90 Å². The summed E-state index contributed by atoms with van der Waals surface area (Å²) in [5, 5.41) is 13.3. The van der Waals surface area contributed by atoms with Crippen LogP contribution in [0.25, 0.3) is 6.08 Å². The lowest BCUT2D eigenvalue weighted by Gasteiger charge is -2.38. The van der Waals surface area contributed by atoms with Gasteiger partial charge in [0.25, 0.3) is 5.56 Å². The summed E-state index contributed by atoms with van der Waals surface area (Å²) < 4.78 is 1.81. The highest BCUT2D eigenvalue weighted by molar-refractivity contribution is 5.80. The number of pyridine rings is 2. The summed E-state index contributed by atoms with van der Waals surface area (Å²) >= 11 is 0. The predicted octanol–water partition coefficient (Wildman–Crippen LogP) is 1.97. The molecule has 4 heterocycles. The van der Waals surface area contributed by atoms with Gasteiger partial charge in [0.05, 0.1) is 24.2 Å². The third-order valence-corrected chi connectivity index (χ3v) is 6.50. The van der Waals surface area contributed by atoms with Crippen LogP contribution in [0.5, 0.6) is 0 Å². The van der Waals surface area contributed by atoms with Gasteiger partial charge in [-0.05, 0) is 44.2 Å². The van der Waals surface area contributed by atoms with E-state index in [-0.39, 0.29) is 36.1 Å². The number of hydrogen-bond acceptors (Lipinski definition) is 5. The van der Waals surface area contributed by atoms with Gasteiger partial charge >= 0.3 is 0 Å². The maximum absolute atomic E-state index is 13.4. The van der Waals surface area contributed by atoms with Crippen LogP contribution in [0.15, 0.2) is 47.4 Å². The molecule has 0 unspecified atom stereocenters. The Hall–Kier alpha value is -2.77. The van der Waals surface area contributed by atoms with Crippen molar-refractivity contribution in [3.8, 4) is 0 Å². The van der Waals surface area contributed by atoms with Crippen LogP contribution in [0.2, 0.25) is 0 Å². The van der Waals surface area contributed by atoms with Crippen LogP contribution in [0.1, 0.15) is 43.3 Å². The maximum atomic E-state index is 13.4. The van der Waals surface area contributed by atoms with Gasteiger partial charge in [0, 0.05) is 42.6 Å². The molecule has 1 amide bonds. The minimum absolute atomic E-state index is 0.0343. The molecular weight excluding hydrogens is 392 g/mol. The Bertz CT molecular complexity index is 1020. The zero-order chi connectivity index (χ0) is 22.0. The molecule has 7 nitrogen and oxygen atoms in total. The predicted molar refractivity (Wildman–Crippen MR) is 119 cm³/mol. The summed E-state index contributed by atoms with van der Waals surface area (Å²) in [6.45, 7) is 5.56. The lowest BCUT2D eigenvalue weighted by Crippen LogP contribution is -2.47. The summed E-state index contributed by atoms with van der Waals surface area (Å²) in [5.41, 5.74) is 2.26. The third kappa shape index (κ3) is 3.83. The van der Waals surface area contributed by atoms with Gasteiger partial charge in [-0.1, -0.05) is 25.1 Å². The van der Waals surface area contributed by atoms with Gasteiger partial charge in [0.15, 0.2) is 0 Å². The number of nitrogens with one attached hydrogen (secondary N) is 1. The summed E-state index contributed by atoms with van der Waals surface area (Å²) in [7, 11) is 0. The van der Waals surface area contributed by atoms with Crippen LogP contribution in [0.4, 0.5) is 0 Å². The van der Waals surface area contributed by atoms with Crippen LogP contribution in [0, 0.1) is 11.8 Å². The van der Waals surface area contributed by atoms with Gasteiger partial charge in [0.1, 0.15) is 0 Å². The van der Waals surface area contributed by atoms with Crippen LogP contribution in [0.3, 0.4) is 0 Å². The van der Waals surface area contributed by atoms with E-state index in [9.17, 15) is 14.7 Å². The Morgan fingerprint density at radius 2 is 2.16 bits per heavy atom. The molecule has 2 aromatic heterocycles. The molecule has 0 saturated carbocycles. The van der Waals surface area contributed by atoms with Crippen LogP contribution in [-0.2, 0) is 17.9 Å². The van der Waals surface area contributed by atoms with E-state index in [1.54, 1.807) is 6.20 Å². The number of fused-ring (bicyclic) bond motifs is 4. The van der Waals surface area contributed by atoms with Gasteiger partial charge in [-0.15, -0.1) is 0 Å². The fourth-order valence-electron chi connectivity index (χ4n) is 5.21. The van der Waals surface area contributed by atoms with E-state index >= 15 is 0 Å². The Morgan fingerprint density at radius 3 is 2.84 bits per heavy atom. The zero-order valence-electron chi connectivity index (χ0n) is 18.1. The average Bonchev–Trinajstić information content (AvgIpc) is 3.00. The summed E-state index contributed by atoms with van der Waals surface area (Å²) in [6.07, 6.45) is 6.31. The fourth-order valence-corrected chi connectivity index (χ4v) is 5.21. The molecule has 7 heteroatoms. The highest BCUT2D eigenvalue weighted by Gasteiger charge is 2.55. The Balaban J connectivity index is 1.70. The highest BCUT2D eigenvalue weighted by Crippen LogP contribution is 2.48. The fraction of sp³-hybridized carbons (Fsp3) is 0.458. The molecule has 2 aliphatic heterocycles. The van der Waals surface area contributed by atoms with E-state index in [0.29, 0.717) is 18.7 Å². The molecule has 4 atom stereocenters. The number of amides is 1. The van der Waals surface area contributed by atoms with Crippen molar-refractivity contribution >= 4 is 12.0 Å². The van der Waals surface area contributed by atoms with E-state index in [1.165, 1.54) is 0 Å². The number of aliphatic hydroxyl groups excluding tert-OH is 1. The lowest BCUT2D eigenvalue weighted by atomic mass is 9.86. The first kappa shape index (κ1) is 21.5. The SMILES string of the molecule is C/C=C\c1ccc2n(c1=O)C[C@H]1[C@H](CO)[C@@H](C(=O)NCc3ccccn3)[C@@H]2N1CCC. The molecule has 4 rings (SSSR count). The Labute approximate surface area is 182 Å². The zero-order valence-corrected chi connectivity index (χ0v) is 18.1. The molecule has 0 spiro atoms. The van der Waals surface area contributed by atoms with Crippen molar-refractivity contribution in [3.63, 3.8) is 0 Å². The molecule has 164 valence electrons. The molecule has 2 aliphatic rings. The van der Waals surface area contributed by atoms with Crippen molar-refractivity contribution in [3.05, 3.63) is 69.9 Å². The number of hydrogen-bond donors (Lipinski definition) is 2. The first-order valence-corrected chi connectivity index (χ1v) is 11.0. The maximum Gasteiger partial charge on any atom is 0.258 e. The number of nitrogens with zero attached hydrogens (tertiary/aromatic N) is 3. The first-order chi connectivity index (χ1) is 15.1. The number of rotatable bonds is 7. The second-order valence-corrected chi connectivity index (χ2v) is 8.29. The molecule has 1 saturated heterocycles. The van der Waals surface area contributed by atoms with Crippen LogP contribution < -0.4 is 10.9 Å². The highest BCUT2D eigenvalue weighted by atomic mass is 16.3. The standard InChI is InChI=1S/C24H30N4O3/c1-3-7-16-9-10-19-22-21(23(30)26-13-17-8-5-6-11-25-17)18(15-29)20(27(22)12-4-2)14-28(19)24(16)31/h3,5-11,18,20-22,29H,4,12-15H2,1-2H3,(H,26,30)/b7-3-/t18-,20-,21+,22+/m0/s1. The minimum atomic E-state index is -0.425. The average molecular weight is 423 g/mol. The van der Waals surface area contributed by atoms with Crippen molar-refractivity contribution in [2.24, 2.45) is 11.8 Å². The van der Waals surface area contributed by atoms with Crippen molar-refractivity contribution in [1.82, 2.24) is 19.8 Å². The monoisotopic (exact) mass is 422 g/mol.